The van der Waals surface area contributed by atoms with E-state index < -0.39 is 0 Å². The van der Waals surface area contributed by atoms with Crippen molar-refractivity contribution in [3.8, 4) is 5.75 Å². The second kappa shape index (κ2) is 8.03. The lowest BCUT2D eigenvalue weighted by Gasteiger charge is -2.10. The predicted molar refractivity (Wildman–Crippen MR) is 90.8 cm³/mol. The zero-order valence-electron chi connectivity index (χ0n) is 12.5. The molecule has 112 valence electrons. The molecule has 0 atom stereocenters. The van der Waals surface area contributed by atoms with Gasteiger partial charge in [0.25, 0.3) is 0 Å². The summed E-state index contributed by atoms with van der Waals surface area (Å²) < 4.78 is 6.52. The van der Waals surface area contributed by atoms with E-state index in [1.807, 2.05) is 31.2 Å². The topological polar surface area (TPSA) is 34.1 Å². The predicted octanol–water partition coefficient (Wildman–Crippen LogP) is 4.94. The van der Waals surface area contributed by atoms with Gasteiger partial charge >= 0.3 is 0 Å². The molecule has 3 nitrogen and oxygen atoms in total. The van der Waals surface area contributed by atoms with Gasteiger partial charge in [-0.2, -0.15) is 0 Å². The first-order chi connectivity index (χ1) is 10.2. The van der Waals surface area contributed by atoms with Gasteiger partial charge in [-0.25, -0.2) is 4.98 Å². The maximum atomic E-state index is 5.66. The SMILES string of the molecule is CCCCOc1ccc(CNc2ccc(Br)nc2C)cc1. The van der Waals surface area contributed by atoms with E-state index in [4.69, 9.17) is 4.74 Å². The molecule has 0 fully saturated rings. The van der Waals surface area contributed by atoms with E-state index in [2.05, 4.69) is 45.3 Å². The van der Waals surface area contributed by atoms with Gasteiger partial charge in [0.15, 0.2) is 0 Å². The number of nitrogens with zero attached hydrogens (tertiary/aromatic N) is 1. The van der Waals surface area contributed by atoms with Crippen molar-refractivity contribution in [2.24, 2.45) is 0 Å². The molecule has 1 N–H and O–H groups in total. The van der Waals surface area contributed by atoms with E-state index >= 15 is 0 Å². The average Bonchev–Trinajstić information content (AvgIpc) is 2.48. The van der Waals surface area contributed by atoms with Crippen molar-refractivity contribution in [2.45, 2.75) is 33.2 Å². The minimum atomic E-state index is 0.777. The van der Waals surface area contributed by atoms with Crippen LogP contribution in [0.3, 0.4) is 0 Å². The van der Waals surface area contributed by atoms with Crippen molar-refractivity contribution in [1.29, 1.82) is 0 Å². The highest BCUT2D eigenvalue weighted by atomic mass is 79.9. The molecule has 0 aliphatic rings. The van der Waals surface area contributed by atoms with Crippen LogP contribution in [-0.2, 0) is 6.54 Å². The first kappa shape index (κ1) is 15.8. The molecule has 0 bridgehead atoms. The smallest absolute Gasteiger partial charge is 0.119 e. The maximum Gasteiger partial charge on any atom is 0.119 e. The third-order valence-corrected chi connectivity index (χ3v) is 3.67. The van der Waals surface area contributed by atoms with Gasteiger partial charge in [-0.05, 0) is 59.1 Å². The molecule has 1 aromatic heterocycles. The van der Waals surface area contributed by atoms with Gasteiger partial charge in [-0.15, -0.1) is 0 Å². The molecule has 0 radical (unpaired) electrons. The maximum absolute atomic E-state index is 5.66. The first-order valence-corrected chi connectivity index (χ1v) is 8.07. The molecule has 2 aromatic rings. The Morgan fingerprint density at radius 3 is 2.57 bits per heavy atom. The molecule has 0 unspecified atom stereocenters. The number of hydrogen-bond acceptors (Lipinski definition) is 3. The number of benzene rings is 1. The molecular weight excluding hydrogens is 328 g/mol. The lowest BCUT2D eigenvalue weighted by atomic mass is 10.2. The number of pyridine rings is 1. The molecular formula is C17H21BrN2O. The van der Waals surface area contributed by atoms with Crippen molar-refractivity contribution in [3.63, 3.8) is 0 Å². The Labute approximate surface area is 134 Å². The third kappa shape index (κ3) is 5.05. The van der Waals surface area contributed by atoms with Crippen molar-refractivity contribution < 1.29 is 4.74 Å². The van der Waals surface area contributed by atoms with Crippen molar-refractivity contribution in [1.82, 2.24) is 4.98 Å². The second-order valence-electron chi connectivity index (χ2n) is 4.97. The molecule has 2 rings (SSSR count). The molecule has 1 aromatic carbocycles. The standard InChI is InChI=1S/C17H21BrN2O/c1-3-4-11-21-15-7-5-14(6-8-15)12-19-16-9-10-17(18)20-13(16)2/h5-10,19H,3-4,11-12H2,1-2H3. The number of hydrogen-bond donors (Lipinski definition) is 1. The van der Waals surface area contributed by atoms with Gasteiger partial charge in [0.1, 0.15) is 10.4 Å². The highest BCUT2D eigenvalue weighted by Crippen LogP contribution is 2.18. The van der Waals surface area contributed by atoms with Crippen LogP contribution in [0.4, 0.5) is 5.69 Å². The van der Waals surface area contributed by atoms with Gasteiger partial charge in [-0.1, -0.05) is 25.5 Å². The fourth-order valence-corrected chi connectivity index (χ4v) is 2.35. The number of aryl methyl sites for hydroxylation is 1. The lowest BCUT2D eigenvalue weighted by Crippen LogP contribution is -2.02. The van der Waals surface area contributed by atoms with Crippen LogP contribution in [0.15, 0.2) is 41.0 Å². The average molecular weight is 349 g/mol. The molecule has 0 saturated carbocycles. The Balaban J connectivity index is 1.88. The molecule has 21 heavy (non-hydrogen) atoms. The highest BCUT2D eigenvalue weighted by molar-refractivity contribution is 9.10. The van der Waals surface area contributed by atoms with Crippen molar-refractivity contribution in [2.75, 3.05) is 11.9 Å². The fourth-order valence-electron chi connectivity index (χ4n) is 1.95. The number of unbranched alkanes of at least 4 members (excludes halogenated alkanes) is 1. The zero-order chi connectivity index (χ0) is 15.1. The zero-order valence-corrected chi connectivity index (χ0v) is 14.1. The number of anilines is 1. The molecule has 0 aliphatic carbocycles. The molecule has 0 aliphatic heterocycles. The summed E-state index contributed by atoms with van der Waals surface area (Å²) in [6.07, 6.45) is 2.25. The molecule has 1 heterocycles. The lowest BCUT2D eigenvalue weighted by molar-refractivity contribution is 0.309. The Bertz CT molecular complexity index is 570. The van der Waals surface area contributed by atoms with Crippen LogP contribution in [0, 0.1) is 6.92 Å². The highest BCUT2D eigenvalue weighted by Gasteiger charge is 2.01. The summed E-state index contributed by atoms with van der Waals surface area (Å²) in [4.78, 5) is 4.38. The van der Waals surface area contributed by atoms with E-state index in [-0.39, 0.29) is 0 Å². The monoisotopic (exact) mass is 348 g/mol. The van der Waals surface area contributed by atoms with Gasteiger partial charge in [0.05, 0.1) is 18.0 Å². The normalized spacial score (nSPS) is 10.4. The Morgan fingerprint density at radius 2 is 1.90 bits per heavy atom. The van der Waals surface area contributed by atoms with E-state index in [0.717, 1.165) is 47.7 Å². The summed E-state index contributed by atoms with van der Waals surface area (Å²) in [5.41, 5.74) is 3.27. The van der Waals surface area contributed by atoms with Gasteiger partial charge < -0.3 is 10.1 Å². The van der Waals surface area contributed by atoms with Crippen LogP contribution in [0.25, 0.3) is 0 Å². The van der Waals surface area contributed by atoms with Gasteiger partial charge in [0, 0.05) is 6.54 Å². The number of halogens is 1. The summed E-state index contributed by atoms with van der Waals surface area (Å²) in [5, 5.41) is 3.40. The van der Waals surface area contributed by atoms with Crippen LogP contribution < -0.4 is 10.1 Å². The van der Waals surface area contributed by atoms with E-state index in [0.29, 0.717) is 0 Å². The number of nitrogens with one attached hydrogen (secondary N) is 1. The number of aromatic nitrogens is 1. The van der Waals surface area contributed by atoms with Crippen LogP contribution >= 0.6 is 15.9 Å². The van der Waals surface area contributed by atoms with E-state index in [9.17, 15) is 0 Å². The molecule has 0 spiro atoms. The number of ether oxygens (including phenoxy) is 1. The van der Waals surface area contributed by atoms with Crippen LogP contribution in [0.2, 0.25) is 0 Å². The molecule has 0 saturated heterocycles. The Morgan fingerprint density at radius 1 is 1.14 bits per heavy atom. The Kier molecular flexibility index (Phi) is 6.05. The summed E-state index contributed by atoms with van der Waals surface area (Å²) in [6.45, 7) is 5.73. The van der Waals surface area contributed by atoms with Crippen LogP contribution in [0.5, 0.6) is 5.75 Å². The quantitative estimate of drug-likeness (QED) is 0.568. The Hall–Kier alpha value is -1.55. The second-order valence-corrected chi connectivity index (χ2v) is 5.78. The summed E-state index contributed by atoms with van der Waals surface area (Å²) in [6, 6.07) is 12.2. The van der Waals surface area contributed by atoms with E-state index in [1.54, 1.807) is 0 Å². The van der Waals surface area contributed by atoms with Gasteiger partial charge in [-0.3, -0.25) is 0 Å². The molecule has 4 heteroatoms. The fraction of sp³-hybridized carbons (Fsp3) is 0.353. The largest absolute Gasteiger partial charge is 0.494 e. The van der Waals surface area contributed by atoms with Crippen LogP contribution in [-0.4, -0.2) is 11.6 Å². The summed E-state index contributed by atoms with van der Waals surface area (Å²) >= 11 is 3.37. The number of rotatable bonds is 7. The van der Waals surface area contributed by atoms with Gasteiger partial charge in [0.2, 0.25) is 0 Å². The summed E-state index contributed by atoms with van der Waals surface area (Å²) in [5.74, 6) is 0.939. The van der Waals surface area contributed by atoms with Crippen LogP contribution in [0.1, 0.15) is 31.0 Å². The molecule has 0 amide bonds. The van der Waals surface area contributed by atoms with Crippen molar-refractivity contribution >= 4 is 21.6 Å². The minimum Gasteiger partial charge on any atom is -0.494 e. The minimum absolute atomic E-state index is 0.777. The summed E-state index contributed by atoms with van der Waals surface area (Å²) in [7, 11) is 0. The van der Waals surface area contributed by atoms with Crippen molar-refractivity contribution in [3.05, 3.63) is 52.3 Å². The first-order valence-electron chi connectivity index (χ1n) is 7.28. The third-order valence-electron chi connectivity index (χ3n) is 3.22. The van der Waals surface area contributed by atoms with E-state index in [1.165, 1.54) is 5.56 Å².